The summed E-state index contributed by atoms with van der Waals surface area (Å²) in [4.78, 5) is 0.260. The Morgan fingerprint density at radius 3 is 2.43 bits per heavy atom. The number of ether oxygens (including phenoxy) is 3. The van der Waals surface area contributed by atoms with Crippen LogP contribution in [0.15, 0.2) is 47.4 Å². The molecule has 1 saturated heterocycles. The highest BCUT2D eigenvalue weighted by Gasteiger charge is 2.38. The summed E-state index contributed by atoms with van der Waals surface area (Å²) in [7, 11) is -0.474. The van der Waals surface area contributed by atoms with E-state index in [2.05, 4.69) is 4.72 Å². The quantitative estimate of drug-likeness (QED) is 0.766. The number of sulfonamides is 1. The minimum absolute atomic E-state index is 0.260. The third kappa shape index (κ3) is 4.16. The topological polar surface area (TPSA) is 73.9 Å². The van der Waals surface area contributed by atoms with E-state index in [0.717, 1.165) is 24.2 Å². The zero-order valence-electron chi connectivity index (χ0n) is 16.5. The third-order valence-corrected chi connectivity index (χ3v) is 6.96. The van der Waals surface area contributed by atoms with Crippen LogP contribution in [0.4, 0.5) is 0 Å². The van der Waals surface area contributed by atoms with Crippen LogP contribution < -0.4 is 14.2 Å². The Hall–Kier alpha value is -2.09. The molecule has 0 unspecified atom stereocenters. The highest BCUT2D eigenvalue weighted by Crippen LogP contribution is 2.39. The van der Waals surface area contributed by atoms with Crippen LogP contribution >= 0.6 is 0 Å². The number of methoxy groups -OCH3 is 2. The fourth-order valence-corrected chi connectivity index (χ4v) is 5.10. The lowest BCUT2D eigenvalue weighted by molar-refractivity contribution is 0.0509. The SMILES string of the molecule is COc1ccc(S(=O)(=O)NCC2(c3ccccc3OC)CCOCC2)c(C)c1. The number of para-hydroxylation sites is 1. The van der Waals surface area contributed by atoms with Crippen LogP contribution in [-0.2, 0) is 20.2 Å². The van der Waals surface area contributed by atoms with E-state index in [0.29, 0.717) is 24.5 Å². The standard InChI is InChI=1S/C21H27NO5S/c1-16-14-17(25-2)8-9-20(16)28(23,24)22-15-21(10-12-27-13-11-21)18-6-4-5-7-19(18)26-3/h4-9,14,22H,10-13,15H2,1-3H3. The molecule has 2 aromatic carbocycles. The molecule has 28 heavy (non-hydrogen) atoms. The second-order valence-electron chi connectivity index (χ2n) is 7.05. The Morgan fingerprint density at radius 2 is 1.79 bits per heavy atom. The molecular formula is C21H27NO5S. The summed E-state index contributed by atoms with van der Waals surface area (Å²) < 4.78 is 45.1. The molecule has 0 aromatic heterocycles. The van der Waals surface area contributed by atoms with Crippen LogP contribution in [0.2, 0.25) is 0 Å². The van der Waals surface area contributed by atoms with Gasteiger partial charge in [0.1, 0.15) is 11.5 Å². The Bertz CT molecular complexity index is 920. The average molecular weight is 406 g/mol. The maximum Gasteiger partial charge on any atom is 0.240 e. The first-order valence-corrected chi connectivity index (χ1v) is 10.8. The van der Waals surface area contributed by atoms with E-state index < -0.39 is 10.0 Å². The van der Waals surface area contributed by atoms with Crippen LogP contribution in [0.3, 0.4) is 0 Å². The molecule has 0 radical (unpaired) electrons. The van der Waals surface area contributed by atoms with Crippen molar-refractivity contribution in [2.75, 3.05) is 34.0 Å². The van der Waals surface area contributed by atoms with Crippen LogP contribution in [0.1, 0.15) is 24.0 Å². The minimum Gasteiger partial charge on any atom is -0.497 e. The van der Waals surface area contributed by atoms with Crippen molar-refractivity contribution in [1.82, 2.24) is 4.72 Å². The fraction of sp³-hybridized carbons (Fsp3) is 0.429. The Morgan fingerprint density at radius 1 is 1.07 bits per heavy atom. The first-order chi connectivity index (χ1) is 13.4. The molecule has 2 aromatic rings. The van der Waals surface area contributed by atoms with E-state index in [4.69, 9.17) is 14.2 Å². The largest absolute Gasteiger partial charge is 0.497 e. The van der Waals surface area contributed by atoms with Gasteiger partial charge in [-0.25, -0.2) is 13.1 Å². The molecule has 0 spiro atoms. The molecule has 6 nitrogen and oxygen atoms in total. The maximum atomic E-state index is 13.0. The molecule has 7 heteroatoms. The van der Waals surface area contributed by atoms with Gasteiger partial charge >= 0.3 is 0 Å². The summed E-state index contributed by atoms with van der Waals surface area (Å²) in [6.45, 7) is 3.22. The van der Waals surface area contributed by atoms with Gasteiger partial charge in [0.2, 0.25) is 10.0 Å². The molecule has 1 aliphatic rings. The number of hydrogen-bond donors (Lipinski definition) is 1. The molecule has 1 fully saturated rings. The molecular weight excluding hydrogens is 378 g/mol. The predicted molar refractivity (Wildman–Crippen MR) is 108 cm³/mol. The van der Waals surface area contributed by atoms with Crippen LogP contribution in [0.25, 0.3) is 0 Å². The van der Waals surface area contributed by atoms with E-state index in [1.807, 2.05) is 24.3 Å². The van der Waals surface area contributed by atoms with Crippen LogP contribution in [-0.4, -0.2) is 42.4 Å². The zero-order valence-corrected chi connectivity index (χ0v) is 17.3. The Balaban J connectivity index is 1.90. The first kappa shape index (κ1) is 20.6. The summed E-state index contributed by atoms with van der Waals surface area (Å²) in [6, 6.07) is 12.8. The van der Waals surface area contributed by atoms with Crippen molar-refractivity contribution in [2.24, 2.45) is 0 Å². The number of benzene rings is 2. The van der Waals surface area contributed by atoms with Crippen molar-refractivity contribution in [3.05, 3.63) is 53.6 Å². The van der Waals surface area contributed by atoms with Crippen molar-refractivity contribution < 1.29 is 22.6 Å². The third-order valence-electron chi connectivity index (χ3n) is 5.40. The van der Waals surface area contributed by atoms with E-state index >= 15 is 0 Å². The van der Waals surface area contributed by atoms with E-state index in [1.54, 1.807) is 39.3 Å². The Labute approximate surface area is 166 Å². The molecule has 0 saturated carbocycles. The monoisotopic (exact) mass is 405 g/mol. The summed E-state index contributed by atoms with van der Waals surface area (Å²) in [6.07, 6.45) is 1.44. The highest BCUT2D eigenvalue weighted by molar-refractivity contribution is 7.89. The number of hydrogen-bond acceptors (Lipinski definition) is 5. The second-order valence-corrected chi connectivity index (χ2v) is 8.78. The normalized spacial score (nSPS) is 16.5. The predicted octanol–water partition coefficient (Wildman–Crippen LogP) is 3.04. The lowest BCUT2D eigenvalue weighted by Crippen LogP contribution is -2.44. The van der Waals surface area contributed by atoms with E-state index in [1.165, 1.54) is 0 Å². The van der Waals surface area contributed by atoms with Crippen LogP contribution in [0, 0.1) is 6.92 Å². The van der Waals surface area contributed by atoms with E-state index in [-0.39, 0.29) is 16.9 Å². The molecule has 1 heterocycles. The number of aryl methyl sites for hydroxylation is 1. The van der Waals surface area contributed by atoms with Crippen molar-refractivity contribution in [3.8, 4) is 11.5 Å². The van der Waals surface area contributed by atoms with Gasteiger partial charge in [0.05, 0.1) is 19.1 Å². The molecule has 0 bridgehead atoms. The van der Waals surface area contributed by atoms with Gasteiger partial charge in [-0.2, -0.15) is 0 Å². The van der Waals surface area contributed by atoms with Crippen molar-refractivity contribution >= 4 is 10.0 Å². The van der Waals surface area contributed by atoms with Crippen molar-refractivity contribution in [2.45, 2.75) is 30.1 Å². The van der Waals surface area contributed by atoms with Crippen molar-refractivity contribution in [3.63, 3.8) is 0 Å². The van der Waals surface area contributed by atoms with Crippen molar-refractivity contribution in [1.29, 1.82) is 0 Å². The second kappa shape index (κ2) is 8.51. The Kier molecular flexibility index (Phi) is 6.27. The highest BCUT2D eigenvalue weighted by atomic mass is 32.2. The van der Waals surface area contributed by atoms with Gasteiger partial charge in [0, 0.05) is 30.7 Å². The van der Waals surface area contributed by atoms with Gasteiger partial charge < -0.3 is 14.2 Å². The summed E-state index contributed by atoms with van der Waals surface area (Å²) in [5.74, 6) is 1.40. The summed E-state index contributed by atoms with van der Waals surface area (Å²) in [5.41, 5.74) is 1.28. The lowest BCUT2D eigenvalue weighted by atomic mass is 9.74. The molecule has 152 valence electrons. The lowest BCUT2D eigenvalue weighted by Gasteiger charge is -2.38. The zero-order chi connectivity index (χ0) is 20.2. The molecule has 1 N–H and O–H groups in total. The fourth-order valence-electron chi connectivity index (χ4n) is 3.75. The number of rotatable bonds is 7. The van der Waals surface area contributed by atoms with Crippen LogP contribution in [0.5, 0.6) is 11.5 Å². The summed E-state index contributed by atoms with van der Waals surface area (Å²) >= 11 is 0. The first-order valence-electron chi connectivity index (χ1n) is 9.27. The van der Waals surface area contributed by atoms with Gasteiger partial charge in [-0.15, -0.1) is 0 Å². The van der Waals surface area contributed by atoms with Gasteiger partial charge in [-0.05, 0) is 49.6 Å². The molecule has 0 atom stereocenters. The molecule has 3 rings (SSSR count). The van der Waals surface area contributed by atoms with E-state index in [9.17, 15) is 8.42 Å². The molecule has 1 aliphatic heterocycles. The van der Waals surface area contributed by atoms with Gasteiger partial charge in [-0.3, -0.25) is 0 Å². The van der Waals surface area contributed by atoms with Gasteiger partial charge in [0.25, 0.3) is 0 Å². The average Bonchev–Trinajstić information content (AvgIpc) is 2.72. The molecule has 0 amide bonds. The summed E-state index contributed by atoms with van der Waals surface area (Å²) in [5, 5.41) is 0. The van der Waals surface area contributed by atoms with Gasteiger partial charge in [-0.1, -0.05) is 18.2 Å². The minimum atomic E-state index is -3.67. The number of nitrogens with one attached hydrogen (secondary N) is 1. The molecule has 0 aliphatic carbocycles. The smallest absolute Gasteiger partial charge is 0.240 e. The van der Waals surface area contributed by atoms with Gasteiger partial charge in [0.15, 0.2) is 0 Å². The maximum absolute atomic E-state index is 13.0.